The Bertz CT molecular complexity index is 702. The van der Waals surface area contributed by atoms with E-state index < -0.39 is 0 Å². The van der Waals surface area contributed by atoms with Crippen molar-refractivity contribution in [2.24, 2.45) is 0 Å². The molecule has 0 aromatic heterocycles. The van der Waals surface area contributed by atoms with Crippen LogP contribution < -0.4 is 20.7 Å². The number of anilines is 1. The average molecular weight is 327 g/mol. The van der Waals surface area contributed by atoms with E-state index in [1.807, 2.05) is 30.3 Å². The van der Waals surface area contributed by atoms with Crippen molar-refractivity contribution in [3.63, 3.8) is 0 Å². The molecule has 0 spiro atoms. The summed E-state index contributed by atoms with van der Waals surface area (Å²) in [7, 11) is 1.56. The molecule has 0 fully saturated rings. The van der Waals surface area contributed by atoms with Crippen LogP contribution in [0.5, 0.6) is 5.75 Å². The van der Waals surface area contributed by atoms with E-state index in [2.05, 4.69) is 16.0 Å². The van der Waals surface area contributed by atoms with Gasteiger partial charge in [0.05, 0.1) is 7.11 Å². The summed E-state index contributed by atoms with van der Waals surface area (Å²) < 4.78 is 5.28. The van der Waals surface area contributed by atoms with Gasteiger partial charge in [-0.25, -0.2) is 4.79 Å². The molecule has 2 aromatic carbocycles. The molecule has 0 unspecified atom stereocenters. The second-order valence-electron chi connectivity index (χ2n) is 5.23. The van der Waals surface area contributed by atoms with Crippen molar-refractivity contribution in [3.05, 3.63) is 59.7 Å². The first kappa shape index (κ1) is 17.3. The van der Waals surface area contributed by atoms with Crippen LogP contribution in [0.15, 0.2) is 48.5 Å². The lowest BCUT2D eigenvalue weighted by atomic mass is 10.1. The van der Waals surface area contributed by atoms with E-state index >= 15 is 0 Å². The zero-order valence-corrected chi connectivity index (χ0v) is 13.8. The van der Waals surface area contributed by atoms with Crippen molar-refractivity contribution in [2.75, 3.05) is 12.4 Å². The van der Waals surface area contributed by atoms with Gasteiger partial charge in [0, 0.05) is 31.3 Å². The number of ether oxygens (including phenoxy) is 1. The number of amides is 3. The predicted octanol–water partition coefficient (Wildman–Crippen LogP) is 2.65. The maximum Gasteiger partial charge on any atom is 0.315 e. The highest BCUT2D eigenvalue weighted by Gasteiger charge is 2.07. The first-order valence-electron chi connectivity index (χ1n) is 7.58. The van der Waals surface area contributed by atoms with Crippen LogP contribution in [0.1, 0.15) is 18.1 Å². The van der Waals surface area contributed by atoms with Gasteiger partial charge in [-0.1, -0.05) is 30.3 Å². The summed E-state index contributed by atoms with van der Waals surface area (Å²) in [6, 6.07) is 14.7. The number of nitrogens with one attached hydrogen (secondary N) is 3. The van der Waals surface area contributed by atoms with Crippen molar-refractivity contribution >= 4 is 17.6 Å². The first-order valence-corrected chi connectivity index (χ1v) is 7.58. The molecule has 0 aliphatic rings. The van der Waals surface area contributed by atoms with Crippen molar-refractivity contribution < 1.29 is 14.3 Å². The Balaban J connectivity index is 1.92. The van der Waals surface area contributed by atoms with E-state index in [1.165, 1.54) is 6.92 Å². The van der Waals surface area contributed by atoms with Crippen LogP contribution in [-0.2, 0) is 17.9 Å². The van der Waals surface area contributed by atoms with Crippen molar-refractivity contribution in [2.45, 2.75) is 20.0 Å². The van der Waals surface area contributed by atoms with Gasteiger partial charge in [-0.05, 0) is 23.8 Å². The number of carbonyl (C=O) groups is 2. The summed E-state index contributed by atoms with van der Waals surface area (Å²) in [6.07, 6.45) is 0. The molecule has 24 heavy (non-hydrogen) atoms. The van der Waals surface area contributed by atoms with Gasteiger partial charge in [0.2, 0.25) is 5.91 Å². The Morgan fingerprint density at radius 1 is 1.00 bits per heavy atom. The molecule has 0 radical (unpaired) electrons. The monoisotopic (exact) mass is 327 g/mol. The molecule has 2 aromatic rings. The molecular weight excluding hydrogens is 306 g/mol. The van der Waals surface area contributed by atoms with Gasteiger partial charge < -0.3 is 20.7 Å². The minimum Gasteiger partial charge on any atom is -0.496 e. The molecule has 0 aliphatic heterocycles. The molecule has 0 saturated heterocycles. The Morgan fingerprint density at radius 2 is 1.71 bits per heavy atom. The van der Waals surface area contributed by atoms with Crippen molar-refractivity contribution in [1.82, 2.24) is 10.6 Å². The first-order chi connectivity index (χ1) is 11.6. The molecule has 3 amide bonds. The third-order valence-electron chi connectivity index (χ3n) is 3.34. The summed E-state index contributed by atoms with van der Waals surface area (Å²) in [5.41, 5.74) is 2.46. The van der Waals surface area contributed by atoms with Crippen LogP contribution in [0.4, 0.5) is 10.5 Å². The fraction of sp³-hybridized carbons (Fsp3) is 0.222. The lowest BCUT2D eigenvalue weighted by molar-refractivity contribution is -0.114. The highest BCUT2D eigenvalue weighted by atomic mass is 16.5. The number of carbonyl (C=O) groups excluding carboxylic acids is 2. The highest BCUT2D eigenvalue weighted by molar-refractivity contribution is 5.88. The van der Waals surface area contributed by atoms with E-state index in [4.69, 9.17) is 4.74 Å². The molecule has 0 saturated carbocycles. The third kappa shape index (κ3) is 5.31. The van der Waals surface area contributed by atoms with Crippen LogP contribution in [-0.4, -0.2) is 19.0 Å². The Hall–Kier alpha value is -3.02. The minimum absolute atomic E-state index is 0.153. The molecule has 2 rings (SSSR count). The van der Waals surface area contributed by atoms with Crippen LogP contribution in [0.25, 0.3) is 0 Å². The highest BCUT2D eigenvalue weighted by Crippen LogP contribution is 2.22. The summed E-state index contributed by atoms with van der Waals surface area (Å²) in [4.78, 5) is 23.1. The fourth-order valence-corrected chi connectivity index (χ4v) is 2.21. The average Bonchev–Trinajstić information content (AvgIpc) is 2.58. The van der Waals surface area contributed by atoms with Gasteiger partial charge in [-0.2, -0.15) is 0 Å². The summed E-state index contributed by atoms with van der Waals surface area (Å²) in [5, 5.41) is 8.28. The summed E-state index contributed by atoms with van der Waals surface area (Å²) >= 11 is 0. The molecule has 0 aliphatic carbocycles. The molecule has 6 heteroatoms. The quantitative estimate of drug-likeness (QED) is 0.763. The van der Waals surface area contributed by atoms with E-state index in [0.29, 0.717) is 18.0 Å². The van der Waals surface area contributed by atoms with Gasteiger partial charge in [0.1, 0.15) is 5.75 Å². The van der Waals surface area contributed by atoms with Crippen LogP contribution in [0, 0.1) is 0 Å². The van der Waals surface area contributed by atoms with Crippen molar-refractivity contribution in [3.8, 4) is 5.75 Å². The molecule has 126 valence electrons. The predicted molar refractivity (Wildman–Crippen MR) is 92.8 cm³/mol. The van der Waals surface area contributed by atoms with Crippen LogP contribution >= 0.6 is 0 Å². The molecule has 0 atom stereocenters. The largest absolute Gasteiger partial charge is 0.496 e. The molecule has 0 heterocycles. The second-order valence-corrected chi connectivity index (χ2v) is 5.23. The number of rotatable bonds is 6. The lowest BCUT2D eigenvalue weighted by Gasteiger charge is -2.12. The normalized spacial score (nSPS) is 9.92. The number of urea groups is 1. The minimum atomic E-state index is -0.272. The van der Waals surface area contributed by atoms with Gasteiger partial charge in [-0.15, -0.1) is 0 Å². The smallest absolute Gasteiger partial charge is 0.315 e. The topological polar surface area (TPSA) is 79.5 Å². The molecular formula is C18H21N3O3. The summed E-state index contributed by atoms with van der Waals surface area (Å²) in [5.74, 6) is 0.493. The Kier molecular flexibility index (Phi) is 6.19. The Morgan fingerprint density at radius 3 is 2.38 bits per heavy atom. The van der Waals surface area contributed by atoms with Gasteiger partial charge in [0.15, 0.2) is 0 Å². The van der Waals surface area contributed by atoms with E-state index in [1.54, 1.807) is 25.3 Å². The van der Waals surface area contributed by atoms with E-state index in [0.717, 1.165) is 11.1 Å². The maximum atomic E-state index is 11.9. The fourth-order valence-electron chi connectivity index (χ4n) is 2.21. The van der Waals surface area contributed by atoms with Gasteiger partial charge in [-0.3, -0.25) is 4.79 Å². The standard InChI is InChI=1S/C18H21N3O3/c1-13(22)21-16-8-9-17(24-2)15(10-16)12-20-18(23)19-11-14-6-4-3-5-7-14/h3-10H,11-12H2,1-2H3,(H,21,22)(H2,19,20,23). The summed E-state index contributed by atoms with van der Waals surface area (Å²) in [6.45, 7) is 2.19. The van der Waals surface area contributed by atoms with Gasteiger partial charge in [0.25, 0.3) is 0 Å². The van der Waals surface area contributed by atoms with Crippen molar-refractivity contribution in [1.29, 1.82) is 0 Å². The SMILES string of the molecule is COc1ccc(NC(C)=O)cc1CNC(=O)NCc1ccccc1. The maximum absolute atomic E-state index is 11.9. The zero-order valence-electron chi connectivity index (χ0n) is 13.8. The molecule has 6 nitrogen and oxygen atoms in total. The number of hydrogen-bond donors (Lipinski definition) is 3. The van der Waals surface area contributed by atoms with Crippen LogP contribution in [0.3, 0.4) is 0 Å². The number of hydrogen-bond acceptors (Lipinski definition) is 3. The number of methoxy groups -OCH3 is 1. The third-order valence-corrected chi connectivity index (χ3v) is 3.34. The van der Waals surface area contributed by atoms with E-state index in [-0.39, 0.29) is 18.5 Å². The molecule has 3 N–H and O–H groups in total. The zero-order chi connectivity index (χ0) is 17.4. The van der Waals surface area contributed by atoms with E-state index in [9.17, 15) is 9.59 Å². The van der Waals surface area contributed by atoms with Gasteiger partial charge >= 0.3 is 6.03 Å². The Labute approximate surface area is 141 Å². The number of benzene rings is 2. The van der Waals surface area contributed by atoms with Crippen LogP contribution in [0.2, 0.25) is 0 Å². The molecule has 0 bridgehead atoms. The second kappa shape index (κ2) is 8.57. The lowest BCUT2D eigenvalue weighted by Crippen LogP contribution is -2.34.